The van der Waals surface area contributed by atoms with Gasteiger partial charge in [-0.2, -0.15) is 0 Å². The zero-order valence-corrected chi connectivity index (χ0v) is 26.0. The quantitative estimate of drug-likeness (QED) is 0.219. The summed E-state index contributed by atoms with van der Waals surface area (Å²) in [5.41, 5.74) is 2.62. The summed E-state index contributed by atoms with van der Waals surface area (Å²) >= 11 is 3.64. The first kappa shape index (κ1) is 28.7. The minimum absolute atomic E-state index is 0.366. The lowest BCUT2D eigenvalue weighted by atomic mass is 9.96. The van der Waals surface area contributed by atoms with Crippen LogP contribution in [-0.4, -0.2) is 26.7 Å². The van der Waals surface area contributed by atoms with Crippen LogP contribution in [-0.2, 0) is 26.4 Å². The van der Waals surface area contributed by atoms with Crippen molar-refractivity contribution in [2.75, 3.05) is 6.61 Å². The molecule has 0 amide bonds. The van der Waals surface area contributed by atoms with E-state index < -0.39 is 33.5 Å². The molecule has 2 aromatic heterocycles. The van der Waals surface area contributed by atoms with Crippen molar-refractivity contribution in [2.45, 2.75) is 63.7 Å². The van der Waals surface area contributed by atoms with Gasteiger partial charge >= 0.3 is 0 Å². The summed E-state index contributed by atoms with van der Waals surface area (Å²) in [5, 5.41) is 1.01. The van der Waals surface area contributed by atoms with Crippen molar-refractivity contribution in [3.63, 3.8) is 0 Å². The third-order valence-electron chi connectivity index (χ3n) is 6.73. The van der Waals surface area contributed by atoms with E-state index in [2.05, 4.69) is 26.7 Å². The molecule has 4 aromatic rings. The number of halogens is 2. The van der Waals surface area contributed by atoms with E-state index in [1.807, 2.05) is 71.9 Å². The van der Waals surface area contributed by atoms with Gasteiger partial charge in [0.05, 0.1) is 12.3 Å². The molecule has 0 radical (unpaired) electrons. The zero-order chi connectivity index (χ0) is 28.2. The van der Waals surface area contributed by atoms with E-state index in [0.717, 1.165) is 31.8 Å². The lowest BCUT2D eigenvalue weighted by Crippen LogP contribution is -2.41. The fourth-order valence-electron chi connectivity index (χ4n) is 4.72. The molecule has 206 valence electrons. The highest BCUT2D eigenvalue weighted by Crippen LogP contribution is 2.43. The number of rotatable bonds is 6. The van der Waals surface area contributed by atoms with Crippen LogP contribution < -0.4 is 4.72 Å². The first-order valence-electron chi connectivity index (χ1n) is 12.7. The Morgan fingerprint density at radius 2 is 1.87 bits per heavy atom. The number of ether oxygens (including phenoxy) is 2. The second kappa shape index (κ2) is 10.5. The van der Waals surface area contributed by atoms with Crippen molar-refractivity contribution in [2.24, 2.45) is 0 Å². The van der Waals surface area contributed by atoms with Crippen LogP contribution in [0.2, 0.25) is 0 Å². The molecule has 0 saturated carbocycles. The number of hydrogen-bond acceptors (Lipinski definition) is 6. The predicted molar refractivity (Wildman–Crippen MR) is 160 cm³/mol. The molecule has 1 fully saturated rings. The first-order valence-corrected chi connectivity index (χ1v) is 15.5. The van der Waals surface area contributed by atoms with Gasteiger partial charge in [-0.25, -0.2) is 4.39 Å². The molecule has 0 bridgehead atoms. The van der Waals surface area contributed by atoms with Crippen molar-refractivity contribution >= 4 is 48.7 Å². The van der Waals surface area contributed by atoms with Crippen molar-refractivity contribution < 1.29 is 18.4 Å². The fourth-order valence-corrected chi connectivity index (χ4v) is 7.42. The number of pyridine rings is 1. The van der Waals surface area contributed by atoms with Gasteiger partial charge in [0.15, 0.2) is 5.79 Å². The van der Waals surface area contributed by atoms with Gasteiger partial charge in [0.25, 0.3) is 0 Å². The number of fused-ring (bicyclic) bond motifs is 1. The number of hydrogen-bond donors (Lipinski definition) is 1. The maximum atomic E-state index is 15.2. The summed E-state index contributed by atoms with van der Waals surface area (Å²) in [6.07, 6.45) is 1.80. The molecule has 1 N–H and O–H groups in total. The van der Waals surface area contributed by atoms with Gasteiger partial charge in [-0.1, -0.05) is 40.2 Å². The normalized spacial score (nSPS) is 20.8. The summed E-state index contributed by atoms with van der Waals surface area (Å²) in [4.78, 5) is 5.56. The topological polar surface area (TPSA) is 66.4 Å². The molecular weight excluding hydrogens is 599 g/mol. The van der Waals surface area contributed by atoms with Crippen LogP contribution in [0.1, 0.15) is 63.6 Å². The van der Waals surface area contributed by atoms with Crippen LogP contribution in [0, 0.1) is 5.82 Å². The summed E-state index contributed by atoms with van der Waals surface area (Å²) < 4.78 is 44.9. The van der Waals surface area contributed by atoms with Crippen molar-refractivity contribution in [3.05, 3.63) is 87.1 Å². The third-order valence-corrected chi connectivity index (χ3v) is 10.2. The fraction of sp³-hybridized carbons (Fsp3) is 0.367. The number of thiophene rings is 1. The van der Waals surface area contributed by atoms with Crippen molar-refractivity contribution in [1.82, 2.24) is 9.71 Å². The second-order valence-electron chi connectivity index (χ2n) is 11.4. The maximum absolute atomic E-state index is 15.2. The monoisotopic (exact) mass is 630 g/mol. The third kappa shape index (κ3) is 5.81. The van der Waals surface area contributed by atoms with E-state index in [9.17, 15) is 4.55 Å². The van der Waals surface area contributed by atoms with Gasteiger partial charge in [-0.3, -0.25) is 4.98 Å². The Bertz CT molecular complexity index is 1500. The molecule has 1 aliphatic rings. The second-order valence-corrected chi connectivity index (χ2v) is 15.3. The number of nitrogens with one attached hydrogen (secondary N) is 1. The van der Waals surface area contributed by atoms with Gasteiger partial charge in [0.2, 0.25) is 0 Å². The Hall–Kier alpha value is -1.85. The van der Waals surface area contributed by atoms with Gasteiger partial charge in [0.1, 0.15) is 22.2 Å². The summed E-state index contributed by atoms with van der Waals surface area (Å²) in [6, 6.07) is 16.4. The highest BCUT2D eigenvalue weighted by atomic mass is 79.9. The highest BCUT2D eigenvalue weighted by molar-refractivity contribution is 9.10. The summed E-state index contributed by atoms with van der Waals surface area (Å²) in [5.74, 6) is -1.02. The molecule has 1 aliphatic heterocycles. The minimum Gasteiger partial charge on any atom is -0.598 e. The van der Waals surface area contributed by atoms with Crippen molar-refractivity contribution in [1.29, 1.82) is 0 Å². The first-order chi connectivity index (χ1) is 18.3. The average Bonchev–Trinajstić information content (AvgIpc) is 3.43. The number of aromatic nitrogens is 1. The van der Waals surface area contributed by atoms with Gasteiger partial charge < -0.3 is 14.0 Å². The van der Waals surface area contributed by atoms with Gasteiger partial charge in [-0.15, -0.1) is 16.1 Å². The standard InChI is InChI=1S/C30H32BrFN2O3S2/c1-28(2,3)39(35)34-26(25-21(31)11-8-12-22(25)32)24-15-18-9-7-10-20(27(18)38-24)23-16-19(13-14-33-23)30(6)17-36-29(4,5)37-30/h7-16,26,34H,17H2,1-6H3. The Morgan fingerprint density at radius 3 is 2.54 bits per heavy atom. The van der Waals surface area contributed by atoms with Crippen LogP contribution in [0.4, 0.5) is 4.39 Å². The van der Waals surface area contributed by atoms with Crippen LogP contribution in [0.15, 0.2) is 65.3 Å². The highest BCUT2D eigenvalue weighted by Gasteiger charge is 2.43. The van der Waals surface area contributed by atoms with E-state index in [4.69, 9.17) is 14.5 Å². The number of benzene rings is 2. The molecule has 5 rings (SSSR count). The molecule has 0 spiro atoms. The Morgan fingerprint density at radius 1 is 1.13 bits per heavy atom. The molecule has 3 atom stereocenters. The molecule has 2 aromatic carbocycles. The Balaban J connectivity index is 1.60. The number of nitrogens with zero attached hydrogens (tertiary/aromatic N) is 1. The SMILES string of the molecule is CC1(C)OCC(C)(c2ccnc(-c3cccc4cc(C(N[S+]([O-])C(C)(C)C)c5c(F)cccc5Br)sc34)c2)O1. The molecule has 39 heavy (non-hydrogen) atoms. The van der Waals surface area contributed by atoms with Crippen LogP contribution in [0.5, 0.6) is 0 Å². The summed E-state index contributed by atoms with van der Waals surface area (Å²) in [7, 11) is 0. The smallest absolute Gasteiger partial charge is 0.164 e. The van der Waals surface area contributed by atoms with E-state index in [-0.39, 0.29) is 5.82 Å². The van der Waals surface area contributed by atoms with Crippen LogP contribution >= 0.6 is 27.3 Å². The molecular formula is C30H32BrFN2O3S2. The molecule has 1 saturated heterocycles. The largest absolute Gasteiger partial charge is 0.598 e. The van der Waals surface area contributed by atoms with E-state index in [1.54, 1.807) is 29.7 Å². The summed E-state index contributed by atoms with van der Waals surface area (Å²) in [6.45, 7) is 12.0. The van der Waals surface area contributed by atoms with E-state index in [1.165, 1.54) is 6.07 Å². The Kier molecular flexibility index (Phi) is 7.74. The van der Waals surface area contributed by atoms with E-state index in [0.29, 0.717) is 16.6 Å². The van der Waals surface area contributed by atoms with Gasteiger partial charge in [0, 0.05) is 42.7 Å². The maximum Gasteiger partial charge on any atom is 0.164 e. The van der Waals surface area contributed by atoms with Crippen LogP contribution in [0.25, 0.3) is 21.3 Å². The molecule has 3 unspecified atom stereocenters. The Labute approximate surface area is 244 Å². The molecule has 5 nitrogen and oxygen atoms in total. The van der Waals surface area contributed by atoms with Gasteiger partial charge in [-0.05, 0) is 82.8 Å². The van der Waals surface area contributed by atoms with Crippen LogP contribution in [0.3, 0.4) is 0 Å². The zero-order valence-electron chi connectivity index (χ0n) is 22.8. The molecule has 3 heterocycles. The minimum atomic E-state index is -1.43. The average molecular weight is 632 g/mol. The predicted octanol–water partition coefficient (Wildman–Crippen LogP) is 8.00. The van der Waals surface area contributed by atoms with Crippen molar-refractivity contribution in [3.8, 4) is 11.3 Å². The lowest BCUT2D eigenvalue weighted by molar-refractivity contribution is -0.159. The lowest BCUT2D eigenvalue weighted by Gasteiger charge is -2.28. The molecule has 9 heteroatoms. The van der Waals surface area contributed by atoms with E-state index >= 15 is 4.39 Å². The molecule has 0 aliphatic carbocycles.